The summed E-state index contributed by atoms with van der Waals surface area (Å²) in [7, 11) is 0. The van der Waals surface area contributed by atoms with E-state index in [1.165, 1.54) is 16.7 Å². The van der Waals surface area contributed by atoms with E-state index in [-0.39, 0.29) is 4.83 Å². The average Bonchev–Trinajstić information content (AvgIpc) is 2.40. The van der Waals surface area contributed by atoms with E-state index >= 15 is 0 Å². The molecule has 0 bridgehead atoms. The van der Waals surface area contributed by atoms with Gasteiger partial charge in [0.25, 0.3) is 0 Å². The SMILES string of the molecule is CCOc1ccccc1C(Br)c1ccc(C)cc1. The van der Waals surface area contributed by atoms with Crippen LogP contribution in [0.5, 0.6) is 5.75 Å². The Morgan fingerprint density at radius 2 is 1.72 bits per heavy atom. The average molecular weight is 305 g/mol. The zero-order valence-corrected chi connectivity index (χ0v) is 12.3. The largest absolute Gasteiger partial charge is 0.494 e. The van der Waals surface area contributed by atoms with Gasteiger partial charge in [-0.05, 0) is 25.5 Å². The highest BCUT2D eigenvalue weighted by atomic mass is 79.9. The molecule has 0 aliphatic rings. The fraction of sp³-hybridized carbons (Fsp3) is 0.250. The van der Waals surface area contributed by atoms with Crippen LogP contribution < -0.4 is 4.74 Å². The first-order chi connectivity index (χ1) is 8.72. The highest BCUT2D eigenvalue weighted by Crippen LogP contribution is 2.36. The summed E-state index contributed by atoms with van der Waals surface area (Å²) in [6.45, 7) is 4.79. The van der Waals surface area contributed by atoms with Crippen molar-refractivity contribution in [2.75, 3.05) is 6.61 Å². The quantitative estimate of drug-likeness (QED) is 0.732. The van der Waals surface area contributed by atoms with Gasteiger partial charge in [0.1, 0.15) is 5.75 Å². The lowest BCUT2D eigenvalue weighted by molar-refractivity contribution is 0.337. The summed E-state index contributed by atoms with van der Waals surface area (Å²) in [6, 6.07) is 16.7. The van der Waals surface area contributed by atoms with Gasteiger partial charge in [-0.2, -0.15) is 0 Å². The second kappa shape index (κ2) is 6.05. The molecule has 0 amide bonds. The highest BCUT2D eigenvalue weighted by Gasteiger charge is 2.14. The number of hydrogen-bond acceptors (Lipinski definition) is 1. The van der Waals surface area contributed by atoms with E-state index in [9.17, 15) is 0 Å². The van der Waals surface area contributed by atoms with Crippen LogP contribution in [0.25, 0.3) is 0 Å². The van der Waals surface area contributed by atoms with Gasteiger partial charge in [-0.15, -0.1) is 0 Å². The van der Waals surface area contributed by atoms with Crippen molar-refractivity contribution < 1.29 is 4.74 Å². The minimum Gasteiger partial charge on any atom is -0.494 e. The maximum Gasteiger partial charge on any atom is 0.123 e. The van der Waals surface area contributed by atoms with E-state index in [1.807, 2.05) is 25.1 Å². The Hall–Kier alpha value is -1.28. The molecule has 0 saturated heterocycles. The Morgan fingerprint density at radius 3 is 2.39 bits per heavy atom. The topological polar surface area (TPSA) is 9.23 Å². The van der Waals surface area contributed by atoms with Gasteiger partial charge in [0.2, 0.25) is 0 Å². The van der Waals surface area contributed by atoms with E-state index in [4.69, 9.17) is 4.74 Å². The summed E-state index contributed by atoms with van der Waals surface area (Å²) in [5, 5.41) is 0. The van der Waals surface area contributed by atoms with Crippen molar-refractivity contribution in [1.29, 1.82) is 0 Å². The number of ether oxygens (including phenoxy) is 1. The van der Waals surface area contributed by atoms with Crippen LogP contribution in [0.1, 0.15) is 28.4 Å². The molecule has 2 aromatic rings. The molecule has 0 N–H and O–H groups in total. The molecule has 0 saturated carbocycles. The molecular formula is C16H17BrO. The van der Waals surface area contributed by atoms with E-state index in [0.29, 0.717) is 6.61 Å². The standard InChI is InChI=1S/C16H17BrO/c1-3-18-15-7-5-4-6-14(15)16(17)13-10-8-12(2)9-11-13/h4-11,16H,3H2,1-2H3. The Kier molecular flexibility index (Phi) is 4.43. The molecule has 0 heterocycles. The van der Waals surface area contributed by atoms with E-state index < -0.39 is 0 Å². The number of benzene rings is 2. The Bertz CT molecular complexity index is 505. The second-order valence-corrected chi connectivity index (χ2v) is 5.16. The molecule has 1 nitrogen and oxygen atoms in total. The molecule has 2 aromatic carbocycles. The molecule has 0 aliphatic carbocycles. The molecule has 0 radical (unpaired) electrons. The molecule has 0 spiro atoms. The number of para-hydroxylation sites is 1. The van der Waals surface area contributed by atoms with Crippen molar-refractivity contribution >= 4 is 15.9 Å². The summed E-state index contributed by atoms with van der Waals surface area (Å²) in [5.41, 5.74) is 3.69. The predicted molar refractivity (Wildman–Crippen MR) is 79.6 cm³/mol. The number of halogens is 1. The normalized spacial score (nSPS) is 12.2. The highest BCUT2D eigenvalue weighted by molar-refractivity contribution is 9.09. The van der Waals surface area contributed by atoms with Gasteiger partial charge in [-0.25, -0.2) is 0 Å². The second-order valence-electron chi connectivity index (χ2n) is 4.24. The molecular weight excluding hydrogens is 288 g/mol. The minimum atomic E-state index is 0.167. The Morgan fingerprint density at radius 1 is 1.06 bits per heavy atom. The first kappa shape index (κ1) is 13.2. The third-order valence-electron chi connectivity index (χ3n) is 2.86. The van der Waals surface area contributed by atoms with Crippen molar-refractivity contribution in [2.24, 2.45) is 0 Å². The van der Waals surface area contributed by atoms with E-state index in [2.05, 4.69) is 53.2 Å². The van der Waals surface area contributed by atoms with Crippen molar-refractivity contribution in [3.05, 3.63) is 65.2 Å². The lowest BCUT2D eigenvalue weighted by Crippen LogP contribution is -1.99. The molecule has 1 unspecified atom stereocenters. The zero-order valence-electron chi connectivity index (χ0n) is 10.7. The molecule has 2 heteroatoms. The van der Waals surface area contributed by atoms with Gasteiger partial charge in [-0.3, -0.25) is 0 Å². The van der Waals surface area contributed by atoms with Crippen LogP contribution in [0.15, 0.2) is 48.5 Å². The van der Waals surface area contributed by atoms with Crippen molar-refractivity contribution in [3.63, 3.8) is 0 Å². The van der Waals surface area contributed by atoms with Crippen LogP contribution in [-0.4, -0.2) is 6.61 Å². The van der Waals surface area contributed by atoms with Gasteiger partial charge in [0.05, 0.1) is 11.4 Å². The third kappa shape index (κ3) is 2.94. The molecule has 1 atom stereocenters. The first-order valence-corrected chi connectivity index (χ1v) is 7.06. The third-order valence-corrected chi connectivity index (χ3v) is 3.88. The number of rotatable bonds is 4. The van der Waals surface area contributed by atoms with Gasteiger partial charge in [-0.1, -0.05) is 64.0 Å². The van der Waals surface area contributed by atoms with Gasteiger partial charge < -0.3 is 4.74 Å². The number of aryl methyl sites for hydroxylation is 1. The summed E-state index contributed by atoms with van der Waals surface area (Å²) >= 11 is 3.76. The van der Waals surface area contributed by atoms with Crippen LogP contribution in [-0.2, 0) is 0 Å². The van der Waals surface area contributed by atoms with Crippen molar-refractivity contribution in [3.8, 4) is 5.75 Å². The van der Waals surface area contributed by atoms with Crippen LogP contribution in [0.4, 0.5) is 0 Å². The number of hydrogen-bond donors (Lipinski definition) is 0. The minimum absolute atomic E-state index is 0.167. The molecule has 0 aliphatic heterocycles. The smallest absolute Gasteiger partial charge is 0.123 e. The molecule has 18 heavy (non-hydrogen) atoms. The van der Waals surface area contributed by atoms with Gasteiger partial charge in [0.15, 0.2) is 0 Å². The monoisotopic (exact) mass is 304 g/mol. The molecule has 0 fully saturated rings. The fourth-order valence-electron chi connectivity index (χ4n) is 1.89. The predicted octanol–water partition coefficient (Wildman–Crippen LogP) is 4.88. The summed E-state index contributed by atoms with van der Waals surface area (Å²) in [4.78, 5) is 0.167. The van der Waals surface area contributed by atoms with Crippen molar-refractivity contribution in [1.82, 2.24) is 0 Å². The summed E-state index contributed by atoms with van der Waals surface area (Å²) in [5.74, 6) is 0.947. The Labute approximate surface area is 117 Å². The molecule has 94 valence electrons. The molecule has 0 aromatic heterocycles. The summed E-state index contributed by atoms with van der Waals surface area (Å²) < 4.78 is 5.67. The van der Waals surface area contributed by atoms with Crippen LogP contribution in [0.3, 0.4) is 0 Å². The fourth-order valence-corrected chi connectivity index (χ4v) is 2.58. The van der Waals surface area contributed by atoms with E-state index in [0.717, 1.165) is 5.75 Å². The lowest BCUT2D eigenvalue weighted by Gasteiger charge is -2.15. The van der Waals surface area contributed by atoms with Gasteiger partial charge in [0, 0.05) is 5.56 Å². The first-order valence-electron chi connectivity index (χ1n) is 6.14. The van der Waals surface area contributed by atoms with E-state index in [1.54, 1.807) is 0 Å². The molecule has 2 rings (SSSR count). The number of alkyl halides is 1. The zero-order chi connectivity index (χ0) is 13.0. The van der Waals surface area contributed by atoms with Gasteiger partial charge >= 0.3 is 0 Å². The van der Waals surface area contributed by atoms with Crippen molar-refractivity contribution in [2.45, 2.75) is 18.7 Å². The van der Waals surface area contributed by atoms with Crippen LogP contribution >= 0.6 is 15.9 Å². The van der Waals surface area contributed by atoms with Crippen LogP contribution in [0.2, 0.25) is 0 Å². The maximum absolute atomic E-state index is 5.67. The maximum atomic E-state index is 5.67. The Balaban J connectivity index is 2.33. The lowest BCUT2D eigenvalue weighted by atomic mass is 10.0. The summed E-state index contributed by atoms with van der Waals surface area (Å²) in [6.07, 6.45) is 0. The van der Waals surface area contributed by atoms with Crippen LogP contribution in [0, 0.1) is 6.92 Å².